The summed E-state index contributed by atoms with van der Waals surface area (Å²) >= 11 is 0. The number of para-hydroxylation sites is 1. The van der Waals surface area contributed by atoms with Gasteiger partial charge >= 0.3 is 11.9 Å². The molecule has 0 bridgehead atoms. The van der Waals surface area contributed by atoms with Gasteiger partial charge in [0.2, 0.25) is 0 Å². The maximum Gasteiger partial charge on any atom is 0.414 e. The summed E-state index contributed by atoms with van der Waals surface area (Å²) in [5.74, 6) is -2.68. The van der Waals surface area contributed by atoms with Gasteiger partial charge in [-0.25, -0.2) is 9.59 Å². The number of hydrogen-bond donors (Lipinski definition) is 2. The first-order valence-corrected chi connectivity index (χ1v) is 9.98. The SMILES string of the molecule is CC1CN(CCCOc2ccccc2-c2ccccc2)CC(C)O1.O=C(O)C(=O)O. The predicted octanol–water partition coefficient (Wildman–Crippen LogP) is 3.39. The molecule has 1 aliphatic rings. The van der Waals surface area contributed by atoms with E-state index in [2.05, 4.69) is 61.2 Å². The zero-order chi connectivity index (χ0) is 21.9. The Morgan fingerprint density at radius 3 is 2.13 bits per heavy atom. The molecule has 0 spiro atoms. The normalized spacial score (nSPS) is 18.7. The smallest absolute Gasteiger partial charge is 0.414 e. The molecule has 2 unspecified atom stereocenters. The molecular formula is C23H29NO6. The van der Waals surface area contributed by atoms with E-state index in [9.17, 15) is 0 Å². The highest BCUT2D eigenvalue weighted by atomic mass is 16.5. The molecule has 2 N–H and O–H groups in total. The fourth-order valence-corrected chi connectivity index (χ4v) is 3.39. The Labute approximate surface area is 176 Å². The molecule has 0 amide bonds. The molecule has 1 fully saturated rings. The van der Waals surface area contributed by atoms with E-state index >= 15 is 0 Å². The van der Waals surface area contributed by atoms with Gasteiger partial charge in [0.25, 0.3) is 0 Å². The van der Waals surface area contributed by atoms with Gasteiger partial charge in [-0.2, -0.15) is 0 Å². The Morgan fingerprint density at radius 2 is 1.53 bits per heavy atom. The molecule has 0 aromatic heterocycles. The van der Waals surface area contributed by atoms with Crippen molar-refractivity contribution in [2.75, 3.05) is 26.2 Å². The van der Waals surface area contributed by atoms with Gasteiger partial charge in [-0.15, -0.1) is 0 Å². The van der Waals surface area contributed by atoms with Crippen LogP contribution in [0.5, 0.6) is 5.75 Å². The quantitative estimate of drug-likeness (QED) is 0.551. The molecule has 2 aromatic rings. The number of nitrogens with zero attached hydrogens (tertiary/aromatic N) is 1. The van der Waals surface area contributed by atoms with E-state index in [1.165, 1.54) is 5.56 Å². The van der Waals surface area contributed by atoms with Crippen molar-refractivity contribution in [1.29, 1.82) is 0 Å². The second-order valence-corrected chi connectivity index (χ2v) is 7.19. The summed E-state index contributed by atoms with van der Waals surface area (Å²) in [7, 11) is 0. The lowest BCUT2D eigenvalue weighted by atomic mass is 10.1. The molecule has 1 aliphatic heterocycles. The van der Waals surface area contributed by atoms with Crippen molar-refractivity contribution in [3.05, 3.63) is 54.6 Å². The van der Waals surface area contributed by atoms with Crippen LogP contribution in [0.15, 0.2) is 54.6 Å². The number of rotatable bonds is 6. The maximum atomic E-state index is 9.10. The van der Waals surface area contributed by atoms with Crippen molar-refractivity contribution in [2.24, 2.45) is 0 Å². The minimum Gasteiger partial charge on any atom is -0.493 e. The summed E-state index contributed by atoms with van der Waals surface area (Å²) < 4.78 is 11.9. The summed E-state index contributed by atoms with van der Waals surface area (Å²) in [6.07, 6.45) is 1.68. The Morgan fingerprint density at radius 1 is 0.967 bits per heavy atom. The number of aliphatic carboxylic acids is 2. The molecule has 2 atom stereocenters. The molecule has 2 aromatic carbocycles. The molecule has 0 radical (unpaired) electrons. The van der Waals surface area contributed by atoms with E-state index in [1.807, 2.05) is 12.1 Å². The second kappa shape index (κ2) is 11.9. The molecule has 0 saturated carbocycles. The Bertz CT molecular complexity index is 788. The maximum absolute atomic E-state index is 9.10. The van der Waals surface area contributed by atoms with Crippen molar-refractivity contribution in [3.8, 4) is 16.9 Å². The highest BCUT2D eigenvalue weighted by Gasteiger charge is 2.21. The first kappa shape index (κ1) is 23.4. The molecule has 1 heterocycles. The third-order valence-corrected chi connectivity index (χ3v) is 4.53. The fourth-order valence-electron chi connectivity index (χ4n) is 3.39. The topological polar surface area (TPSA) is 96.3 Å². The summed E-state index contributed by atoms with van der Waals surface area (Å²) in [5.41, 5.74) is 2.36. The fraction of sp³-hybridized carbons (Fsp3) is 0.391. The molecule has 0 aliphatic carbocycles. The molecule has 3 rings (SSSR count). The van der Waals surface area contributed by atoms with Gasteiger partial charge in [0.05, 0.1) is 18.8 Å². The van der Waals surface area contributed by atoms with Gasteiger partial charge in [0, 0.05) is 25.2 Å². The van der Waals surface area contributed by atoms with Gasteiger partial charge in [-0.3, -0.25) is 4.90 Å². The van der Waals surface area contributed by atoms with E-state index in [4.69, 9.17) is 29.3 Å². The number of carboxylic acid groups (broad SMARTS) is 2. The molecule has 1 saturated heterocycles. The molecule has 30 heavy (non-hydrogen) atoms. The average Bonchev–Trinajstić information content (AvgIpc) is 2.72. The number of hydrogen-bond acceptors (Lipinski definition) is 5. The van der Waals surface area contributed by atoms with Gasteiger partial charge < -0.3 is 19.7 Å². The summed E-state index contributed by atoms with van der Waals surface area (Å²) in [4.78, 5) is 20.7. The van der Waals surface area contributed by atoms with Crippen LogP contribution in [0.25, 0.3) is 11.1 Å². The van der Waals surface area contributed by atoms with Crippen LogP contribution in [0.1, 0.15) is 20.3 Å². The van der Waals surface area contributed by atoms with Crippen LogP contribution >= 0.6 is 0 Å². The highest BCUT2D eigenvalue weighted by molar-refractivity contribution is 6.27. The van der Waals surface area contributed by atoms with E-state index in [1.54, 1.807) is 0 Å². The summed E-state index contributed by atoms with van der Waals surface area (Å²) in [6.45, 7) is 8.13. The number of carbonyl (C=O) groups is 2. The third kappa shape index (κ3) is 7.85. The van der Waals surface area contributed by atoms with Crippen LogP contribution in [0.4, 0.5) is 0 Å². The van der Waals surface area contributed by atoms with Crippen LogP contribution in [0, 0.1) is 0 Å². The third-order valence-electron chi connectivity index (χ3n) is 4.53. The predicted molar refractivity (Wildman–Crippen MR) is 114 cm³/mol. The summed E-state index contributed by atoms with van der Waals surface area (Å²) in [6, 6.07) is 18.7. The van der Waals surface area contributed by atoms with E-state index in [0.29, 0.717) is 12.2 Å². The molecule has 162 valence electrons. The standard InChI is InChI=1S/C21H27NO2.C2H2O4/c1-17-15-22(16-18(2)24-17)13-8-14-23-21-12-7-6-11-20(21)19-9-4-3-5-10-19;3-1(4)2(5)6/h3-7,9-12,17-18H,8,13-16H2,1-2H3;(H,3,4)(H,5,6). The van der Waals surface area contributed by atoms with Gasteiger partial charge in [-0.05, 0) is 31.9 Å². The zero-order valence-corrected chi connectivity index (χ0v) is 17.4. The van der Waals surface area contributed by atoms with Crippen LogP contribution in [0.2, 0.25) is 0 Å². The van der Waals surface area contributed by atoms with Gasteiger partial charge in [0.15, 0.2) is 0 Å². The second-order valence-electron chi connectivity index (χ2n) is 7.19. The number of ether oxygens (including phenoxy) is 2. The summed E-state index contributed by atoms with van der Waals surface area (Å²) in [5, 5.41) is 14.8. The minimum atomic E-state index is -1.82. The van der Waals surface area contributed by atoms with Crippen LogP contribution in [-0.4, -0.2) is 65.5 Å². The lowest BCUT2D eigenvalue weighted by Crippen LogP contribution is -2.45. The number of benzene rings is 2. The zero-order valence-electron chi connectivity index (χ0n) is 17.4. The molecule has 7 nitrogen and oxygen atoms in total. The highest BCUT2D eigenvalue weighted by Crippen LogP contribution is 2.29. The van der Waals surface area contributed by atoms with Gasteiger partial charge in [0.1, 0.15) is 5.75 Å². The monoisotopic (exact) mass is 415 g/mol. The Kier molecular flexibility index (Phi) is 9.31. The minimum absolute atomic E-state index is 0.327. The molecular weight excluding hydrogens is 386 g/mol. The lowest BCUT2D eigenvalue weighted by Gasteiger charge is -2.35. The van der Waals surface area contributed by atoms with Crippen molar-refractivity contribution < 1.29 is 29.3 Å². The number of morpholine rings is 1. The van der Waals surface area contributed by atoms with Crippen molar-refractivity contribution in [3.63, 3.8) is 0 Å². The lowest BCUT2D eigenvalue weighted by molar-refractivity contribution is -0.159. The first-order chi connectivity index (χ1) is 14.4. The molecule has 7 heteroatoms. The Hall–Kier alpha value is -2.90. The van der Waals surface area contributed by atoms with Crippen molar-refractivity contribution in [1.82, 2.24) is 4.90 Å². The first-order valence-electron chi connectivity index (χ1n) is 9.98. The average molecular weight is 415 g/mol. The van der Waals surface area contributed by atoms with E-state index in [-0.39, 0.29) is 0 Å². The Balaban J connectivity index is 0.000000469. The van der Waals surface area contributed by atoms with E-state index < -0.39 is 11.9 Å². The van der Waals surface area contributed by atoms with Crippen molar-refractivity contribution >= 4 is 11.9 Å². The van der Waals surface area contributed by atoms with Crippen LogP contribution in [0.3, 0.4) is 0 Å². The van der Waals surface area contributed by atoms with E-state index in [0.717, 1.165) is 44.0 Å². The van der Waals surface area contributed by atoms with Crippen LogP contribution in [-0.2, 0) is 14.3 Å². The van der Waals surface area contributed by atoms with Gasteiger partial charge in [-0.1, -0.05) is 48.5 Å². The largest absolute Gasteiger partial charge is 0.493 e. The van der Waals surface area contributed by atoms with Crippen LogP contribution < -0.4 is 4.74 Å². The number of carboxylic acids is 2. The van der Waals surface area contributed by atoms with Crippen molar-refractivity contribution in [2.45, 2.75) is 32.5 Å².